The fourth-order valence-electron chi connectivity index (χ4n) is 4.18. The van der Waals surface area contributed by atoms with E-state index in [1.807, 2.05) is 39.5 Å². The SMILES string of the molecule is COc1ccc(CNC(=O)CCc2nnc3c4cc(-c5ccc(C)c(C)c5)nn4ccn23)c(OC)c1. The number of hydrogen-bond acceptors (Lipinski definition) is 6. The summed E-state index contributed by atoms with van der Waals surface area (Å²) in [6, 6.07) is 13.9. The van der Waals surface area contributed by atoms with Gasteiger partial charge in [0.1, 0.15) is 22.8 Å². The molecule has 0 aliphatic heterocycles. The number of carbonyl (C=O) groups is 1. The monoisotopic (exact) mass is 484 g/mol. The predicted molar refractivity (Wildman–Crippen MR) is 136 cm³/mol. The van der Waals surface area contributed by atoms with Crippen molar-refractivity contribution < 1.29 is 14.3 Å². The average Bonchev–Trinajstić information content (AvgIpc) is 3.51. The fraction of sp³-hybridized carbons (Fsp3) is 0.259. The lowest BCUT2D eigenvalue weighted by Gasteiger charge is -2.11. The van der Waals surface area contributed by atoms with Crippen molar-refractivity contribution in [3.63, 3.8) is 0 Å². The predicted octanol–water partition coefficient (Wildman–Crippen LogP) is 3.93. The fourth-order valence-corrected chi connectivity index (χ4v) is 4.18. The van der Waals surface area contributed by atoms with Gasteiger partial charge < -0.3 is 14.8 Å². The van der Waals surface area contributed by atoms with Gasteiger partial charge in [0.25, 0.3) is 0 Å². The first-order valence-electron chi connectivity index (χ1n) is 11.7. The standard InChI is InChI=1S/C27H28N6O3/c1-17-5-6-19(13-18(17)2)22-15-23-27-30-29-25(32(27)11-12-33(23)31-22)9-10-26(34)28-16-20-7-8-21(35-3)14-24(20)36-4/h5-8,11-15H,9-10,16H2,1-4H3,(H,28,34). The molecule has 36 heavy (non-hydrogen) atoms. The molecule has 0 atom stereocenters. The number of aromatic nitrogens is 5. The van der Waals surface area contributed by atoms with Gasteiger partial charge in [0, 0.05) is 49.0 Å². The van der Waals surface area contributed by atoms with Gasteiger partial charge in [-0.1, -0.05) is 12.1 Å². The number of ether oxygens (including phenoxy) is 2. The first-order chi connectivity index (χ1) is 17.5. The summed E-state index contributed by atoms with van der Waals surface area (Å²) in [7, 11) is 3.20. The summed E-state index contributed by atoms with van der Waals surface area (Å²) in [4.78, 5) is 12.5. The Morgan fingerprint density at radius 2 is 1.83 bits per heavy atom. The van der Waals surface area contributed by atoms with Crippen molar-refractivity contribution >= 4 is 17.1 Å². The molecule has 3 aromatic heterocycles. The van der Waals surface area contributed by atoms with E-state index in [1.165, 1.54) is 11.1 Å². The van der Waals surface area contributed by atoms with E-state index in [-0.39, 0.29) is 12.3 Å². The Bertz CT molecular complexity index is 1570. The van der Waals surface area contributed by atoms with E-state index < -0.39 is 0 Å². The Hall–Kier alpha value is -4.40. The van der Waals surface area contributed by atoms with E-state index in [4.69, 9.17) is 14.6 Å². The van der Waals surface area contributed by atoms with Crippen LogP contribution in [0.15, 0.2) is 54.9 Å². The molecule has 0 radical (unpaired) electrons. The summed E-state index contributed by atoms with van der Waals surface area (Å²) < 4.78 is 14.4. The van der Waals surface area contributed by atoms with E-state index in [2.05, 4.69) is 47.6 Å². The third-order valence-electron chi connectivity index (χ3n) is 6.44. The summed E-state index contributed by atoms with van der Waals surface area (Å²) in [6.45, 7) is 4.56. The highest BCUT2D eigenvalue weighted by Crippen LogP contribution is 2.25. The molecule has 5 rings (SSSR count). The van der Waals surface area contributed by atoms with E-state index in [0.29, 0.717) is 30.1 Å². The molecule has 2 aromatic carbocycles. The maximum absolute atomic E-state index is 12.5. The smallest absolute Gasteiger partial charge is 0.220 e. The van der Waals surface area contributed by atoms with Crippen LogP contribution in [0.5, 0.6) is 11.5 Å². The highest BCUT2D eigenvalue weighted by atomic mass is 16.5. The van der Waals surface area contributed by atoms with Crippen molar-refractivity contribution in [2.45, 2.75) is 33.2 Å². The molecular formula is C27H28N6O3. The van der Waals surface area contributed by atoms with Crippen LogP contribution in [0.2, 0.25) is 0 Å². The highest BCUT2D eigenvalue weighted by molar-refractivity contribution is 5.78. The van der Waals surface area contributed by atoms with Crippen LogP contribution in [0.3, 0.4) is 0 Å². The van der Waals surface area contributed by atoms with Gasteiger partial charge in [-0.2, -0.15) is 5.10 Å². The first kappa shape index (κ1) is 23.3. The van der Waals surface area contributed by atoms with Crippen LogP contribution in [0, 0.1) is 13.8 Å². The number of nitrogens with zero attached hydrogens (tertiary/aromatic N) is 5. The number of methoxy groups -OCH3 is 2. The highest BCUT2D eigenvalue weighted by Gasteiger charge is 2.14. The number of fused-ring (bicyclic) bond motifs is 3. The van der Waals surface area contributed by atoms with Crippen LogP contribution in [0.25, 0.3) is 22.4 Å². The zero-order chi connectivity index (χ0) is 25.2. The van der Waals surface area contributed by atoms with Crippen molar-refractivity contribution in [1.29, 1.82) is 0 Å². The minimum Gasteiger partial charge on any atom is -0.497 e. The zero-order valence-corrected chi connectivity index (χ0v) is 20.8. The Morgan fingerprint density at radius 1 is 0.972 bits per heavy atom. The summed E-state index contributed by atoms with van der Waals surface area (Å²) in [5.74, 6) is 2.02. The Morgan fingerprint density at radius 3 is 2.61 bits per heavy atom. The second-order valence-corrected chi connectivity index (χ2v) is 8.72. The first-order valence-corrected chi connectivity index (χ1v) is 11.7. The molecule has 5 aromatic rings. The normalized spacial score (nSPS) is 11.2. The summed E-state index contributed by atoms with van der Waals surface area (Å²) >= 11 is 0. The number of carbonyl (C=O) groups excluding carboxylic acids is 1. The van der Waals surface area contributed by atoms with Crippen LogP contribution in [0.4, 0.5) is 0 Å². The number of hydrogen-bond donors (Lipinski definition) is 1. The topological polar surface area (TPSA) is 95.0 Å². The summed E-state index contributed by atoms with van der Waals surface area (Å²) in [5, 5.41) is 16.4. The van der Waals surface area contributed by atoms with Crippen molar-refractivity contribution in [2.75, 3.05) is 14.2 Å². The third-order valence-corrected chi connectivity index (χ3v) is 6.44. The molecule has 0 spiro atoms. The number of benzene rings is 2. The molecule has 0 saturated heterocycles. The van der Waals surface area contributed by atoms with Crippen LogP contribution >= 0.6 is 0 Å². The maximum Gasteiger partial charge on any atom is 0.220 e. The van der Waals surface area contributed by atoms with Crippen molar-refractivity contribution in [3.05, 3.63) is 77.4 Å². The average molecular weight is 485 g/mol. The molecule has 0 unspecified atom stereocenters. The molecule has 184 valence electrons. The van der Waals surface area contributed by atoms with E-state index in [9.17, 15) is 4.79 Å². The molecule has 1 N–H and O–H groups in total. The molecule has 9 nitrogen and oxygen atoms in total. The number of amides is 1. The Balaban J connectivity index is 1.29. The molecule has 1 amide bonds. The molecular weight excluding hydrogens is 456 g/mol. The van der Waals surface area contributed by atoms with Crippen LogP contribution in [-0.4, -0.2) is 44.3 Å². The third kappa shape index (κ3) is 4.47. The van der Waals surface area contributed by atoms with Crippen molar-refractivity contribution in [3.8, 4) is 22.8 Å². The van der Waals surface area contributed by atoms with Crippen molar-refractivity contribution in [1.82, 2.24) is 29.5 Å². The van der Waals surface area contributed by atoms with E-state index in [0.717, 1.165) is 28.2 Å². The number of aryl methyl sites for hydroxylation is 3. The summed E-state index contributed by atoms with van der Waals surface area (Å²) in [6.07, 6.45) is 4.52. The molecule has 3 heterocycles. The minimum atomic E-state index is -0.0768. The molecule has 0 aliphatic carbocycles. The van der Waals surface area contributed by atoms with Crippen LogP contribution < -0.4 is 14.8 Å². The second kappa shape index (κ2) is 9.69. The zero-order valence-electron chi connectivity index (χ0n) is 20.8. The quantitative estimate of drug-likeness (QED) is 0.359. The summed E-state index contributed by atoms with van der Waals surface area (Å²) in [5.41, 5.74) is 6.86. The van der Waals surface area contributed by atoms with Crippen molar-refractivity contribution in [2.24, 2.45) is 0 Å². The van der Waals surface area contributed by atoms with Gasteiger partial charge in [0.15, 0.2) is 5.65 Å². The van der Waals surface area contributed by atoms with Gasteiger partial charge in [-0.25, -0.2) is 4.52 Å². The van der Waals surface area contributed by atoms with Gasteiger partial charge in [-0.3, -0.25) is 9.20 Å². The molecule has 0 bridgehead atoms. The van der Waals surface area contributed by atoms with E-state index in [1.54, 1.807) is 20.3 Å². The molecule has 0 fully saturated rings. The van der Waals surface area contributed by atoms with Gasteiger partial charge in [0.2, 0.25) is 5.91 Å². The molecule has 9 heteroatoms. The minimum absolute atomic E-state index is 0.0768. The Labute approximate surface area is 208 Å². The van der Waals surface area contributed by atoms with Gasteiger partial charge in [-0.05, 0) is 49.2 Å². The lowest BCUT2D eigenvalue weighted by molar-refractivity contribution is -0.121. The second-order valence-electron chi connectivity index (χ2n) is 8.72. The lowest BCUT2D eigenvalue weighted by atomic mass is 10.0. The van der Waals surface area contributed by atoms with E-state index >= 15 is 0 Å². The van der Waals surface area contributed by atoms with Gasteiger partial charge in [0.05, 0.1) is 19.9 Å². The lowest BCUT2D eigenvalue weighted by Crippen LogP contribution is -2.23. The maximum atomic E-state index is 12.5. The van der Waals surface area contributed by atoms with Crippen LogP contribution in [0.1, 0.15) is 28.9 Å². The van der Waals surface area contributed by atoms with Crippen LogP contribution in [-0.2, 0) is 17.8 Å². The Kier molecular flexibility index (Phi) is 6.28. The largest absolute Gasteiger partial charge is 0.497 e. The number of nitrogens with one attached hydrogen (secondary N) is 1. The molecule has 0 saturated carbocycles. The van der Waals surface area contributed by atoms with Gasteiger partial charge >= 0.3 is 0 Å². The molecule has 0 aliphatic rings. The number of rotatable bonds is 8. The van der Waals surface area contributed by atoms with Gasteiger partial charge in [-0.15, -0.1) is 10.2 Å².